The molecule has 3 aromatic rings. The number of ether oxygens (including phenoxy) is 1. The van der Waals surface area contributed by atoms with E-state index in [4.69, 9.17) is 4.74 Å². The summed E-state index contributed by atoms with van der Waals surface area (Å²) < 4.78 is 59.5. The minimum Gasteiger partial charge on any atom is -0.454 e. The van der Waals surface area contributed by atoms with Gasteiger partial charge in [0, 0.05) is 12.4 Å². The summed E-state index contributed by atoms with van der Waals surface area (Å²) in [6.45, 7) is 1.53. The number of halogens is 4. The van der Waals surface area contributed by atoms with Crippen molar-refractivity contribution in [3.8, 4) is 5.69 Å². The zero-order valence-corrected chi connectivity index (χ0v) is 13.9. The lowest BCUT2D eigenvalue weighted by Gasteiger charge is -2.15. The maximum atomic E-state index is 13.6. The van der Waals surface area contributed by atoms with Gasteiger partial charge in [0.25, 0.3) is 0 Å². The number of benzene rings is 1. The highest BCUT2D eigenvalue weighted by atomic mass is 19.4. The van der Waals surface area contributed by atoms with Gasteiger partial charge < -0.3 is 4.74 Å². The van der Waals surface area contributed by atoms with Crippen molar-refractivity contribution in [2.45, 2.75) is 19.2 Å². The zero-order valence-electron chi connectivity index (χ0n) is 13.9. The smallest absolute Gasteiger partial charge is 0.434 e. The van der Waals surface area contributed by atoms with Crippen LogP contribution in [0.25, 0.3) is 5.69 Å². The first-order valence-corrected chi connectivity index (χ1v) is 7.79. The van der Waals surface area contributed by atoms with Crippen molar-refractivity contribution in [1.82, 2.24) is 14.8 Å². The lowest BCUT2D eigenvalue weighted by Crippen LogP contribution is -2.19. The fraction of sp³-hybridized carbons (Fsp3) is 0.167. The molecule has 2 aromatic heterocycles. The van der Waals surface area contributed by atoms with Gasteiger partial charge in [0.2, 0.25) is 0 Å². The van der Waals surface area contributed by atoms with Crippen LogP contribution < -0.4 is 0 Å². The number of hydrogen-bond donors (Lipinski definition) is 0. The van der Waals surface area contributed by atoms with Crippen LogP contribution >= 0.6 is 0 Å². The molecule has 1 atom stereocenters. The van der Waals surface area contributed by atoms with E-state index in [0.717, 1.165) is 30.5 Å². The molecule has 9 heteroatoms. The second kappa shape index (κ2) is 7.18. The average molecular weight is 379 g/mol. The van der Waals surface area contributed by atoms with Gasteiger partial charge in [-0.25, -0.2) is 13.9 Å². The second-order valence-electron chi connectivity index (χ2n) is 5.62. The Morgan fingerprint density at radius 1 is 1.11 bits per heavy atom. The van der Waals surface area contributed by atoms with Crippen LogP contribution in [0, 0.1) is 5.82 Å². The molecule has 0 saturated carbocycles. The molecule has 0 N–H and O–H groups in total. The molecular weight excluding hydrogens is 366 g/mol. The van der Waals surface area contributed by atoms with Crippen LogP contribution in [0.5, 0.6) is 0 Å². The van der Waals surface area contributed by atoms with Gasteiger partial charge in [-0.05, 0) is 48.9 Å². The Morgan fingerprint density at radius 2 is 1.74 bits per heavy atom. The number of carbonyl (C=O) groups excluding carboxylic acids is 1. The molecule has 0 amide bonds. The van der Waals surface area contributed by atoms with Crippen LogP contribution in [0.1, 0.15) is 34.6 Å². The molecule has 0 radical (unpaired) electrons. The topological polar surface area (TPSA) is 57.0 Å². The third-order valence-corrected chi connectivity index (χ3v) is 3.79. The van der Waals surface area contributed by atoms with Gasteiger partial charge in [0.05, 0.1) is 11.9 Å². The zero-order chi connectivity index (χ0) is 19.6. The summed E-state index contributed by atoms with van der Waals surface area (Å²) in [6.07, 6.45) is -1.91. The standard InChI is InChI=1S/C18H13F4N3O2/c1-11(12-6-8-23-9-7-12)27-17(26)15-10-24-25(16(15)18(20,21)22)14-4-2-13(19)3-5-14/h2-11H,1H3. The Morgan fingerprint density at radius 3 is 2.33 bits per heavy atom. The summed E-state index contributed by atoms with van der Waals surface area (Å²) >= 11 is 0. The third kappa shape index (κ3) is 3.97. The molecule has 0 spiro atoms. The minimum atomic E-state index is -4.88. The van der Waals surface area contributed by atoms with E-state index < -0.39 is 35.3 Å². The average Bonchev–Trinajstić information content (AvgIpc) is 3.09. The van der Waals surface area contributed by atoms with Crippen molar-refractivity contribution in [2.24, 2.45) is 0 Å². The van der Waals surface area contributed by atoms with Crippen LogP contribution in [0.3, 0.4) is 0 Å². The summed E-state index contributed by atoms with van der Waals surface area (Å²) in [6, 6.07) is 7.44. The van der Waals surface area contributed by atoms with Gasteiger partial charge in [0.15, 0.2) is 5.69 Å². The number of aromatic nitrogens is 3. The van der Waals surface area contributed by atoms with E-state index >= 15 is 0 Å². The van der Waals surface area contributed by atoms with E-state index in [2.05, 4.69) is 10.1 Å². The minimum absolute atomic E-state index is 0.0371. The van der Waals surface area contributed by atoms with Gasteiger partial charge in [-0.15, -0.1) is 0 Å². The van der Waals surface area contributed by atoms with Gasteiger partial charge >= 0.3 is 12.1 Å². The molecule has 1 aromatic carbocycles. The first-order valence-electron chi connectivity index (χ1n) is 7.79. The summed E-state index contributed by atoms with van der Waals surface area (Å²) in [5.41, 5.74) is -1.48. The summed E-state index contributed by atoms with van der Waals surface area (Å²) in [7, 11) is 0. The lowest BCUT2D eigenvalue weighted by molar-refractivity contribution is -0.143. The molecule has 5 nitrogen and oxygen atoms in total. The molecule has 0 aliphatic carbocycles. The highest BCUT2D eigenvalue weighted by Crippen LogP contribution is 2.34. The molecule has 3 rings (SSSR count). The van der Waals surface area contributed by atoms with E-state index in [0.29, 0.717) is 10.2 Å². The Kier molecular flexibility index (Phi) is 4.93. The van der Waals surface area contributed by atoms with E-state index in [1.165, 1.54) is 19.3 Å². The van der Waals surface area contributed by atoms with Crippen LogP contribution in [-0.4, -0.2) is 20.7 Å². The number of rotatable bonds is 4. The predicted octanol–water partition coefficient (Wildman–Crippen LogP) is 4.34. The maximum Gasteiger partial charge on any atom is 0.434 e. The van der Waals surface area contributed by atoms with Crippen molar-refractivity contribution in [3.63, 3.8) is 0 Å². The van der Waals surface area contributed by atoms with Crippen molar-refractivity contribution in [3.05, 3.63) is 77.6 Å². The number of esters is 1. The molecule has 0 bridgehead atoms. The van der Waals surface area contributed by atoms with Gasteiger partial charge in [-0.1, -0.05) is 0 Å². The first-order chi connectivity index (χ1) is 12.8. The monoisotopic (exact) mass is 379 g/mol. The van der Waals surface area contributed by atoms with Crippen LogP contribution in [0.4, 0.5) is 17.6 Å². The van der Waals surface area contributed by atoms with Crippen molar-refractivity contribution < 1.29 is 27.1 Å². The van der Waals surface area contributed by atoms with Gasteiger partial charge in [0.1, 0.15) is 17.5 Å². The first kappa shape index (κ1) is 18.6. The summed E-state index contributed by atoms with van der Waals surface area (Å²) in [5.74, 6) is -1.77. The van der Waals surface area contributed by atoms with E-state index in [-0.39, 0.29) is 5.69 Å². The Bertz CT molecular complexity index is 937. The highest BCUT2D eigenvalue weighted by Gasteiger charge is 2.41. The van der Waals surface area contributed by atoms with Crippen molar-refractivity contribution >= 4 is 5.97 Å². The third-order valence-electron chi connectivity index (χ3n) is 3.79. The summed E-state index contributed by atoms with van der Waals surface area (Å²) in [4.78, 5) is 16.2. The number of hydrogen-bond acceptors (Lipinski definition) is 4. The summed E-state index contributed by atoms with van der Waals surface area (Å²) in [5, 5.41) is 3.65. The second-order valence-corrected chi connectivity index (χ2v) is 5.62. The Labute approximate surface area is 151 Å². The highest BCUT2D eigenvalue weighted by molar-refractivity contribution is 5.91. The number of pyridine rings is 1. The number of carbonyl (C=O) groups is 1. The molecule has 0 saturated heterocycles. The Hall–Kier alpha value is -3.23. The number of alkyl halides is 3. The van der Waals surface area contributed by atoms with Crippen LogP contribution in [0.15, 0.2) is 55.0 Å². The van der Waals surface area contributed by atoms with E-state index in [1.807, 2.05) is 0 Å². The largest absolute Gasteiger partial charge is 0.454 e. The molecule has 0 fully saturated rings. The fourth-order valence-corrected chi connectivity index (χ4v) is 2.48. The molecule has 27 heavy (non-hydrogen) atoms. The van der Waals surface area contributed by atoms with Gasteiger partial charge in [-0.3, -0.25) is 4.98 Å². The van der Waals surface area contributed by atoms with E-state index in [1.54, 1.807) is 12.1 Å². The number of nitrogens with zero attached hydrogens (tertiary/aromatic N) is 3. The Balaban J connectivity index is 1.95. The maximum absolute atomic E-state index is 13.6. The SMILES string of the molecule is CC(OC(=O)c1cnn(-c2ccc(F)cc2)c1C(F)(F)F)c1ccncc1. The van der Waals surface area contributed by atoms with Crippen molar-refractivity contribution in [1.29, 1.82) is 0 Å². The quantitative estimate of drug-likeness (QED) is 0.500. The molecule has 0 aliphatic rings. The van der Waals surface area contributed by atoms with Crippen LogP contribution in [0.2, 0.25) is 0 Å². The normalized spacial score (nSPS) is 12.6. The molecule has 0 aliphatic heterocycles. The van der Waals surface area contributed by atoms with Crippen molar-refractivity contribution in [2.75, 3.05) is 0 Å². The molecular formula is C18H13F4N3O2. The van der Waals surface area contributed by atoms with E-state index in [9.17, 15) is 22.4 Å². The van der Waals surface area contributed by atoms with Crippen LogP contribution in [-0.2, 0) is 10.9 Å². The molecule has 1 unspecified atom stereocenters. The molecule has 140 valence electrons. The molecule has 2 heterocycles. The predicted molar refractivity (Wildman–Crippen MR) is 86.6 cm³/mol. The fourth-order valence-electron chi connectivity index (χ4n) is 2.48. The van der Waals surface area contributed by atoms with Gasteiger partial charge in [-0.2, -0.15) is 18.3 Å². The lowest BCUT2D eigenvalue weighted by atomic mass is 10.1.